The Labute approximate surface area is 152 Å². The largest absolute Gasteiger partial charge is 0.466 e. The van der Waals surface area contributed by atoms with Gasteiger partial charge in [-0.2, -0.15) is 0 Å². The van der Waals surface area contributed by atoms with Crippen molar-refractivity contribution in [3.05, 3.63) is 71.3 Å². The molecule has 1 unspecified atom stereocenters. The number of nitrogens with one attached hydrogen (secondary N) is 2. The highest BCUT2D eigenvalue weighted by Gasteiger charge is 2.18. The molecule has 2 aromatic carbocycles. The second-order valence-corrected chi connectivity index (χ2v) is 5.82. The van der Waals surface area contributed by atoms with E-state index in [1.807, 2.05) is 30.3 Å². The van der Waals surface area contributed by atoms with Crippen LogP contribution in [0.3, 0.4) is 0 Å². The lowest BCUT2D eigenvalue weighted by molar-refractivity contribution is -0.143. The summed E-state index contributed by atoms with van der Waals surface area (Å²) in [6.45, 7) is 2.38. The normalized spacial score (nSPS) is 11.4. The van der Waals surface area contributed by atoms with Gasteiger partial charge in [0, 0.05) is 23.6 Å². The van der Waals surface area contributed by atoms with Gasteiger partial charge < -0.3 is 15.8 Å². The highest BCUT2D eigenvalue weighted by molar-refractivity contribution is 6.00. The van der Waals surface area contributed by atoms with Gasteiger partial charge in [-0.3, -0.25) is 15.0 Å². The Hall–Kier alpha value is -3.15. The first-order valence-electron chi connectivity index (χ1n) is 8.44. The highest BCUT2D eigenvalue weighted by Crippen LogP contribution is 2.19. The van der Waals surface area contributed by atoms with E-state index in [2.05, 4.69) is 5.32 Å². The molecule has 4 N–H and O–H groups in total. The zero-order chi connectivity index (χ0) is 18.9. The quantitative estimate of drug-likeness (QED) is 0.385. The lowest BCUT2D eigenvalue weighted by atomic mass is 9.95. The molecule has 0 spiro atoms. The van der Waals surface area contributed by atoms with Crippen LogP contribution < -0.4 is 11.1 Å². The number of amidine groups is 1. The van der Waals surface area contributed by atoms with Crippen molar-refractivity contribution < 1.29 is 14.3 Å². The van der Waals surface area contributed by atoms with Crippen LogP contribution in [0.15, 0.2) is 54.6 Å². The van der Waals surface area contributed by atoms with E-state index < -0.39 is 0 Å². The molecule has 0 saturated carbocycles. The van der Waals surface area contributed by atoms with Crippen LogP contribution in [0.5, 0.6) is 0 Å². The number of hydrogen-bond acceptors (Lipinski definition) is 4. The molecule has 1 atom stereocenters. The molecule has 0 bridgehead atoms. The van der Waals surface area contributed by atoms with Gasteiger partial charge in [-0.25, -0.2) is 0 Å². The van der Waals surface area contributed by atoms with Gasteiger partial charge in [-0.05, 0) is 24.6 Å². The summed E-state index contributed by atoms with van der Waals surface area (Å²) in [5.74, 6) is -0.855. The molecule has 0 aliphatic heterocycles. The van der Waals surface area contributed by atoms with Crippen molar-refractivity contribution in [2.45, 2.75) is 19.3 Å². The average Bonchev–Trinajstić information content (AvgIpc) is 2.65. The lowest BCUT2D eigenvalue weighted by Gasteiger charge is -2.17. The zero-order valence-electron chi connectivity index (χ0n) is 14.7. The number of hydrogen-bond donors (Lipinski definition) is 3. The summed E-state index contributed by atoms with van der Waals surface area (Å²) >= 11 is 0. The SMILES string of the molecule is CCOC(=O)CC(CNC(=O)c1cccc(C(=N)N)c1)c1ccccc1. The summed E-state index contributed by atoms with van der Waals surface area (Å²) in [6.07, 6.45) is 0.186. The summed E-state index contributed by atoms with van der Waals surface area (Å²) in [6, 6.07) is 16.1. The number of nitrogen functional groups attached to an aromatic ring is 1. The van der Waals surface area contributed by atoms with Gasteiger partial charge in [-0.15, -0.1) is 0 Å². The van der Waals surface area contributed by atoms with Crippen molar-refractivity contribution in [3.8, 4) is 0 Å². The molecule has 1 amide bonds. The summed E-state index contributed by atoms with van der Waals surface area (Å²) in [7, 11) is 0. The van der Waals surface area contributed by atoms with Gasteiger partial charge in [0.1, 0.15) is 5.84 Å². The fourth-order valence-corrected chi connectivity index (χ4v) is 2.60. The van der Waals surface area contributed by atoms with Crippen molar-refractivity contribution in [2.75, 3.05) is 13.2 Å². The van der Waals surface area contributed by atoms with Crippen LogP contribution in [0.1, 0.15) is 40.7 Å². The molecular formula is C20H23N3O3. The van der Waals surface area contributed by atoms with Crippen molar-refractivity contribution >= 4 is 17.7 Å². The molecule has 0 aromatic heterocycles. The van der Waals surface area contributed by atoms with E-state index in [0.29, 0.717) is 24.3 Å². The van der Waals surface area contributed by atoms with E-state index >= 15 is 0 Å². The summed E-state index contributed by atoms with van der Waals surface area (Å²) < 4.78 is 5.04. The molecule has 0 aliphatic rings. The molecule has 6 nitrogen and oxygen atoms in total. The maximum atomic E-state index is 12.4. The van der Waals surface area contributed by atoms with Crippen LogP contribution in [0.2, 0.25) is 0 Å². The van der Waals surface area contributed by atoms with E-state index in [9.17, 15) is 9.59 Å². The number of esters is 1. The van der Waals surface area contributed by atoms with Crippen molar-refractivity contribution in [1.82, 2.24) is 5.32 Å². The Kier molecular flexibility index (Phi) is 6.91. The first-order valence-corrected chi connectivity index (χ1v) is 8.44. The molecule has 26 heavy (non-hydrogen) atoms. The van der Waals surface area contributed by atoms with E-state index in [-0.39, 0.29) is 30.1 Å². The minimum absolute atomic E-state index is 0.0934. The highest BCUT2D eigenvalue weighted by atomic mass is 16.5. The predicted molar refractivity (Wildman–Crippen MR) is 100 cm³/mol. The van der Waals surface area contributed by atoms with Crippen LogP contribution in [-0.4, -0.2) is 30.9 Å². The van der Waals surface area contributed by atoms with Crippen molar-refractivity contribution in [3.63, 3.8) is 0 Å². The van der Waals surface area contributed by atoms with Crippen LogP contribution in [-0.2, 0) is 9.53 Å². The predicted octanol–water partition coefficient (Wildman–Crippen LogP) is 2.44. The third-order valence-electron chi connectivity index (χ3n) is 3.93. The molecule has 6 heteroatoms. The van der Waals surface area contributed by atoms with E-state index in [1.165, 1.54) is 0 Å². The van der Waals surface area contributed by atoms with Gasteiger partial charge in [0.25, 0.3) is 5.91 Å². The standard InChI is InChI=1S/C20H23N3O3/c1-2-26-18(24)12-17(14-7-4-3-5-8-14)13-23-20(25)16-10-6-9-15(11-16)19(21)22/h3-11,17H,2,12-13H2,1H3,(H3,21,22)(H,23,25). The topological polar surface area (TPSA) is 105 Å². The second kappa shape index (κ2) is 9.36. The van der Waals surface area contributed by atoms with Crippen LogP contribution in [0.25, 0.3) is 0 Å². The summed E-state index contributed by atoms with van der Waals surface area (Å²) in [4.78, 5) is 24.3. The summed E-state index contributed by atoms with van der Waals surface area (Å²) in [5.41, 5.74) is 7.33. The molecule has 0 aliphatic carbocycles. The number of carbonyl (C=O) groups is 2. The molecule has 0 heterocycles. The van der Waals surface area contributed by atoms with Gasteiger partial charge in [-0.1, -0.05) is 42.5 Å². The molecule has 0 saturated heterocycles. The molecule has 0 fully saturated rings. The van der Waals surface area contributed by atoms with E-state index in [1.54, 1.807) is 31.2 Å². The third-order valence-corrected chi connectivity index (χ3v) is 3.93. The number of ether oxygens (including phenoxy) is 1. The van der Waals surface area contributed by atoms with E-state index in [0.717, 1.165) is 5.56 Å². The Morgan fingerprint density at radius 3 is 2.46 bits per heavy atom. The Bertz CT molecular complexity index is 775. The van der Waals surface area contributed by atoms with Crippen LogP contribution in [0, 0.1) is 5.41 Å². The van der Waals surface area contributed by atoms with Gasteiger partial charge >= 0.3 is 5.97 Å². The number of amides is 1. The molecule has 136 valence electrons. The molecular weight excluding hydrogens is 330 g/mol. The maximum absolute atomic E-state index is 12.4. The van der Waals surface area contributed by atoms with Crippen LogP contribution in [0.4, 0.5) is 0 Å². The van der Waals surface area contributed by atoms with Crippen molar-refractivity contribution in [2.24, 2.45) is 5.73 Å². The number of rotatable bonds is 8. The monoisotopic (exact) mass is 353 g/mol. The van der Waals surface area contributed by atoms with Gasteiger partial charge in [0.05, 0.1) is 13.0 Å². The zero-order valence-corrected chi connectivity index (χ0v) is 14.7. The average molecular weight is 353 g/mol. The molecule has 0 radical (unpaired) electrons. The second-order valence-electron chi connectivity index (χ2n) is 5.82. The number of benzene rings is 2. The Morgan fingerprint density at radius 2 is 1.81 bits per heavy atom. The lowest BCUT2D eigenvalue weighted by Crippen LogP contribution is -2.30. The smallest absolute Gasteiger partial charge is 0.306 e. The Balaban J connectivity index is 2.08. The fraction of sp³-hybridized carbons (Fsp3) is 0.250. The van der Waals surface area contributed by atoms with Gasteiger partial charge in [0.15, 0.2) is 0 Å². The first-order chi connectivity index (χ1) is 12.5. The minimum atomic E-state index is -0.297. The van der Waals surface area contributed by atoms with Crippen molar-refractivity contribution in [1.29, 1.82) is 5.41 Å². The first kappa shape index (κ1) is 19.2. The van der Waals surface area contributed by atoms with Crippen LogP contribution >= 0.6 is 0 Å². The molecule has 2 rings (SSSR count). The summed E-state index contributed by atoms with van der Waals surface area (Å²) in [5, 5.41) is 10.3. The van der Waals surface area contributed by atoms with E-state index in [4.69, 9.17) is 15.9 Å². The number of nitrogens with two attached hydrogens (primary N) is 1. The Morgan fingerprint density at radius 1 is 1.12 bits per heavy atom. The fourth-order valence-electron chi connectivity index (χ4n) is 2.60. The molecule has 2 aromatic rings. The number of carbonyl (C=O) groups excluding carboxylic acids is 2. The third kappa shape index (κ3) is 5.44. The maximum Gasteiger partial charge on any atom is 0.306 e. The van der Waals surface area contributed by atoms with Gasteiger partial charge in [0.2, 0.25) is 0 Å². The minimum Gasteiger partial charge on any atom is -0.466 e.